The van der Waals surface area contributed by atoms with Gasteiger partial charge < -0.3 is 10.1 Å². The molecule has 1 aliphatic carbocycles. The van der Waals surface area contributed by atoms with Gasteiger partial charge >= 0.3 is 12.0 Å². The second kappa shape index (κ2) is 10.9. The summed E-state index contributed by atoms with van der Waals surface area (Å²) in [6.45, 7) is 0.997. The summed E-state index contributed by atoms with van der Waals surface area (Å²) in [6.07, 6.45) is 4.76. The van der Waals surface area contributed by atoms with Crippen LogP contribution in [0.4, 0.5) is 4.79 Å². The third-order valence-corrected chi connectivity index (χ3v) is 5.94. The monoisotopic (exact) mass is 425 g/mol. The first kappa shape index (κ1) is 22.8. The molecule has 29 heavy (non-hydrogen) atoms. The Morgan fingerprint density at radius 3 is 2.55 bits per heavy atom. The van der Waals surface area contributed by atoms with Crippen LogP contribution < -0.4 is 15.4 Å². The van der Waals surface area contributed by atoms with E-state index >= 15 is 0 Å². The normalized spacial score (nSPS) is 14.8. The van der Waals surface area contributed by atoms with Gasteiger partial charge in [-0.05, 0) is 37.5 Å². The summed E-state index contributed by atoms with van der Waals surface area (Å²) < 4.78 is 31.4. The minimum atomic E-state index is -3.73. The number of hydrogen-bond donors (Lipinski definition) is 3. The van der Waals surface area contributed by atoms with Gasteiger partial charge in [-0.25, -0.2) is 17.9 Å². The molecule has 0 atom stereocenters. The summed E-state index contributed by atoms with van der Waals surface area (Å²) in [5.41, 5.74) is 0.797. The Bertz CT molecular complexity index is 834. The number of hydrogen-bond acceptors (Lipinski definition) is 6. The predicted octanol–water partition coefficient (Wildman–Crippen LogP) is 1.37. The molecule has 10 heteroatoms. The molecule has 1 aromatic carbocycles. The van der Waals surface area contributed by atoms with E-state index in [1.165, 1.54) is 12.1 Å². The van der Waals surface area contributed by atoms with E-state index < -0.39 is 34.5 Å². The van der Waals surface area contributed by atoms with E-state index in [9.17, 15) is 22.8 Å². The topological polar surface area (TPSA) is 131 Å². The van der Waals surface area contributed by atoms with Crippen LogP contribution >= 0.6 is 0 Å². The summed E-state index contributed by atoms with van der Waals surface area (Å²) in [6, 6.07) is 5.82. The molecule has 0 radical (unpaired) electrons. The molecule has 2 rings (SSSR count). The Labute approximate surface area is 170 Å². The van der Waals surface area contributed by atoms with Crippen LogP contribution in [0.15, 0.2) is 29.2 Å². The first-order chi connectivity index (χ1) is 13.8. The molecule has 0 unspecified atom stereocenters. The number of rotatable bonds is 8. The smallest absolute Gasteiger partial charge is 0.321 e. The largest absolute Gasteiger partial charge is 0.456 e. The van der Waals surface area contributed by atoms with E-state index in [0.717, 1.165) is 37.7 Å². The lowest BCUT2D eigenvalue weighted by atomic mass is 9.96. The van der Waals surface area contributed by atoms with Crippen molar-refractivity contribution in [2.75, 3.05) is 13.2 Å². The number of urea groups is 1. The quantitative estimate of drug-likeness (QED) is 0.539. The third-order valence-electron chi connectivity index (χ3n) is 4.48. The van der Waals surface area contributed by atoms with Gasteiger partial charge in [-0.15, -0.1) is 0 Å². The van der Waals surface area contributed by atoms with Gasteiger partial charge in [0, 0.05) is 12.6 Å². The molecular formula is C19H27N3O6S. The number of esters is 1. The number of benzene rings is 1. The standard InChI is InChI=1S/C19H27N3O6S/c1-14-6-5-9-16(12-14)29(26,27)20-11-10-18(24)28-13-17(23)22-19(25)21-15-7-3-2-4-8-15/h5-6,9,12,15,20H,2-4,7-8,10-11,13H2,1H3,(H2,21,22,23,25). The van der Waals surface area contributed by atoms with E-state index in [1.54, 1.807) is 19.1 Å². The number of amides is 3. The summed E-state index contributed by atoms with van der Waals surface area (Å²) in [5.74, 6) is -1.49. The SMILES string of the molecule is Cc1cccc(S(=O)(=O)NCCC(=O)OCC(=O)NC(=O)NC2CCCCC2)c1. The number of carbonyl (C=O) groups excluding carboxylic acids is 3. The fraction of sp³-hybridized carbons (Fsp3) is 0.526. The number of ether oxygens (including phenoxy) is 1. The van der Waals surface area contributed by atoms with Crippen molar-refractivity contribution in [1.82, 2.24) is 15.4 Å². The van der Waals surface area contributed by atoms with Gasteiger partial charge in [-0.2, -0.15) is 0 Å². The zero-order valence-corrected chi connectivity index (χ0v) is 17.2. The zero-order chi connectivity index (χ0) is 21.3. The molecular weight excluding hydrogens is 398 g/mol. The van der Waals surface area contributed by atoms with Crippen molar-refractivity contribution in [3.8, 4) is 0 Å². The predicted molar refractivity (Wildman–Crippen MR) is 105 cm³/mol. The van der Waals surface area contributed by atoms with E-state index in [1.807, 2.05) is 0 Å². The van der Waals surface area contributed by atoms with Crippen LogP contribution in [0.3, 0.4) is 0 Å². The Morgan fingerprint density at radius 2 is 1.86 bits per heavy atom. The first-order valence-electron chi connectivity index (χ1n) is 9.58. The molecule has 0 bridgehead atoms. The van der Waals surface area contributed by atoms with Crippen LogP contribution in [0.1, 0.15) is 44.1 Å². The number of carbonyl (C=O) groups is 3. The van der Waals surface area contributed by atoms with Gasteiger partial charge in [0.1, 0.15) is 0 Å². The van der Waals surface area contributed by atoms with Crippen LogP contribution in [0.5, 0.6) is 0 Å². The molecule has 0 aromatic heterocycles. The van der Waals surface area contributed by atoms with Gasteiger partial charge in [0.2, 0.25) is 10.0 Å². The van der Waals surface area contributed by atoms with Crippen LogP contribution in [-0.4, -0.2) is 45.5 Å². The van der Waals surface area contributed by atoms with Gasteiger partial charge in [0.05, 0.1) is 11.3 Å². The number of sulfonamides is 1. The third kappa shape index (κ3) is 8.20. The number of aryl methyl sites for hydroxylation is 1. The fourth-order valence-corrected chi connectivity index (χ4v) is 4.14. The lowest BCUT2D eigenvalue weighted by molar-refractivity contribution is -0.148. The van der Waals surface area contributed by atoms with E-state index in [2.05, 4.69) is 15.4 Å². The molecule has 0 aliphatic heterocycles. The number of nitrogens with one attached hydrogen (secondary N) is 3. The molecule has 1 fully saturated rings. The van der Waals surface area contributed by atoms with E-state index in [0.29, 0.717) is 0 Å². The van der Waals surface area contributed by atoms with Crippen LogP contribution in [0.25, 0.3) is 0 Å². The molecule has 0 spiro atoms. The van der Waals surface area contributed by atoms with Crippen molar-refractivity contribution >= 4 is 27.9 Å². The van der Waals surface area contributed by atoms with Crippen molar-refractivity contribution in [2.45, 2.75) is 56.4 Å². The van der Waals surface area contributed by atoms with Crippen LogP contribution in [-0.2, 0) is 24.3 Å². The van der Waals surface area contributed by atoms with Gasteiger partial charge in [-0.3, -0.25) is 14.9 Å². The van der Waals surface area contributed by atoms with E-state index in [4.69, 9.17) is 4.74 Å². The summed E-state index contributed by atoms with van der Waals surface area (Å²) in [4.78, 5) is 35.2. The second-order valence-electron chi connectivity index (χ2n) is 6.98. The highest BCUT2D eigenvalue weighted by Crippen LogP contribution is 2.17. The highest BCUT2D eigenvalue weighted by molar-refractivity contribution is 7.89. The van der Waals surface area contributed by atoms with Crippen molar-refractivity contribution in [3.05, 3.63) is 29.8 Å². The molecule has 1 aliphatic rings. The van der Waals surface area contributed by atoms with Crippen molar-refractivity contribution in [2.24, 2.45) is 0 Å². The highest BCUT2D eigenvalue weighted by atomic mass is 32.2. The minimum Gasteiger partial charge on any atom is -0.456 e. The van der Waals surface area contributed by atoms with Crippen molar-refractivity contribution < 1.29 is 27.5 Å². The average molecular weight is 426 g/mol. The Kier molecular flexibility index (Phi) is 8.59. The second-order valence-corrected chi connectivity index (χ2v) is 8.75. The summed E-state index contributed by atoms with van der Waals surface area (Å²) >= 11 is 0. The molecule has 1 aromatic rings. The maximum absolute atomic E-state index is 12.1. The Balaban J connectivity index is 1.64. The summed E-state index contributed by atoms with van der Waals surface area (Å²) in [7, 11) is -3.73. The van der Waals surface area contributed by atoms with Gasteiger partial charge in [0.15, 0.2) is 6.61 Å². The Morgan fingerprint density at radius 1 is 1.14 bits per heavy atom. The molecule has 160 valence electrons. The van der Waals surface area contributed by atoms with Crippen LogP contribution in [0.2, 0.25) is 0 Å². The highest BCUT2D eigenvalue weighted by Gasteiger charge is 2.18. The molecule has 3 amide bonds. The van der Waals surface area contributed by atoms with Gasteiger partial charge in [0.25, 0.3) is 5.91 Å². The maximum atomic E-state index is 12.1. The molecule has 0 heterocycles. The molecule has 3 N–H and O–H groups in total. The minimum absolute atomic E-state index is 0.0560. The molecule has 0 saturated heterocycles. The van der Waals surface area contributed by atoms with Crippen LogP contribution in [0, 0.1) is 6.92 Å². The average Bonchev–Trinajstić information content (AvgIpc) is 2.67. The molecule has 9 nitrogen and oxygen atoms in total. The van der Waals surface area contributed by atoms with E-state index in [-0.39, 0.29) is 23.9 Å². The Hall–Kier alpha value is -2.46. The summed E-state index contributed by atoms with van der Waals surface area (Å²) in [5, 5.41) is 4.83. The number of imide groups is 1. The molecule has 1 saturated carbocycles. The fourth-order valence-electron chi connectivity index (χ4n) is 3.00. The first-order valence-corrected chi connectivity index (χ1v) is 11.1. The lowest BCUT2D eigenvalue weighted by Crippen LogP contribution is -2.46. The van der Waals surface area contributed by atoms with Crippen molar-refractivity contribution in [3.63, 3.8) is 0 Å². The van der Waals surface area contributed by atoms with Crippen molar-refractivity contribution in [1.29, 1.82) is 0 Å². The maximum Gasteiger partial charge on any atom is 0.321 e. The zero-order valence-electron chi connectivity index (χ0n) is 16.4. The van der Waals surface area contributed by atoms with Gasteiger partial charge in [-0.1, -0.05) is 31.4 Å². The lowest BCUT2D eigenvalue weighted by Gasteiger charge is -2.22.